The van der Waals surface area contributed by atoms with Gasteiger partial charge in [0.15, 0.2) is 11.6 Å². The standard InChI is InChI=1S/C16H18BrFN2O/c1-11(2)7-19-8-12-3-4-16(15(18)5-12)21-14-6-13(17)9-20-10-14/h3-6,9-11,19H,7-8H2,1-2H3. The molecule has 1 N–H and O–H groups in total. The minimum atomic E-state index is -0.376. The number of nitrogens with zero attached hydrogens (tertiary/aromatic N) is 1. The molecule has 1 heterocycles. The van der Waals surface area contributed by atoms with Crippen molar-refractivity contribution in [3.05, 3.63) is 52.5 Å². The Morgan fingerprint density at radius 1 is 1.29 bits per heavy atom. The molecule has 0 aliphatic carbocycles. The van der Waals surface area contributed by atoms with Crippen LogP contribution in [0.4, 0.5) is 4.39 Å². The molecule has 0 amide bonds. The van der Waals surface area contributed by atoms with E-state index in [0.717, 1.165) is 16.6 Å². The molecular formula is C16H18BrFN2O. The van der Waals surface area contributed by atoms with E-state index in [1.165, 1.54) is 6.07 Å². The molecule has 0 saturated carbocycles. The fraction of sp³-hybridized carbons (Fsp3) is 0.312. The van der Waals surface area contributed by atoms with E-state index in [1.54, 1.807) is 24.5 Å². The molecule has 5 heteroatoms. The van der Waals surface area contributed by atoms with Crippen molar-refractivity contribution in [3.63, 3.8) is 0 Å². The van der Waals surface area contributed by atoms with Gasteiger partial charge in [-0.2, -0.15) is 0 Å². The summed E-state index contributed by atoms with van der Waals surface area (Å²) < 4.78 is 20.3. The molecule has 0 atom stereocenters. The maximum Gasteiger partial charge on any atom is 0.166 e. The lowest BCUT2D eigenvalue weighted by atomic mass is 10.2. The van der Waals surface area contributed by atoms with Gasteiger partial charge in [0.05, 0.1) is 6.20 Å². The summed E-state index contributed by atoms with van der Waals surface area (Å²) in [5, 5.41) is 3.28. The number of halogens is 2. The van der Waals surface area contributed by atoms with Crippen molar-refractivity contribution in [2.75, 3.05) is 6.54 Å². The van der Waals surface area contributed by atoms with E-state index in [-0.39, 0.29) is 11.6 Å². The van der Waals surface area contributed by atoms with Gasteiger partial charge in [-0.05, 0) is 52.2 Å². The van der Waals surface area contributed by atoms with Gasteiger partial charge >= 0.3 is 0 Å². The maximum atomic E-state index is 14.0. The number of benzene rings is 1. The van der Waals surface area contributed by atoms with Crippen LogP contribution in [0.5, 0.6) is 11.5 Å². The monoisotopic (exact) mass is 352 g/mol. The second-order valence-corrected chi connectivity index (χ2v) is 6.15. The first-order valence-electron chi connectivity index (χ1n) is 6.82. The minimum absolute atomic E-state index is 0.197. The van der Waals surface area contributed by atoms with Gasteiger partial charge in [0.1, 0.15) is 5.75 Å². The Labute approximate surface area is 132 Å². The zero-order chi connectivity index (χ0) is 15.2. The average molecular weight is 353 g/mol. The highest BCUT2D eigenvalue weighted by atomic mass is 79.9. The van der Waals surface area contributed by atoms with E-state index in [0.29, 0.717) is 18.2 Å². The predicted molar refractivity (Wildman–Crippen MR) is 85.0 cm³/mol. The summed E-state index contributed by atoms with van der Waals surface area (Å²) in [4.78, 5) is 3.98. The number of ether oxygens (including phenoxy) is 1. The smallest absolute Gasteiger partial charge is 0.166 e. The Morgan fingerprint density at radius 3 is 2.76 bits per heavy atom. The van der Waals surface area contributed by atoms with E-state index in [9.17, 15) is 4.39 Å². The van der Waals surface area contributed by atoms with Crippen LogP contribution in [0.2, 0.25) is 0 Å². The number of pyridine rings is 1. The lowest BCUT2D eigenvalue weighted by Gasteiger charge is -2.10. The molecule has 1 aromatic heterocycles. The summed E-state index contributed by atoms with van der Waals surface area (Å²) in [6, 6.07) is 6.73. The molecule has 2 rings (SSSR count). The summed E-state index contributed by atoms with van der Waals surface area (Å²) in [6.45, 7) is 5.82. The molecule has 0 bridgehead atoms. The van der Waals surface area contributed by atoms with Crippen LogP contribution in [0, 0.1) is 11.7 Å². The third-order valence-electron chi connectivity index (χ3n) is 2.79. The third-order valence-corrected chi connectivity index (χ3v) is 3.22. The zero-order valence-corrected chi connectivity index (χ0v) is 13.7. The lowest BCUT2D eigenvalue weighted by Crippen LogP contribution is -2.18. The molecule has 0 aliphatic rings. The van der Waals surface area contributed by atoms with Gasteiger partial charge in [-0.15, -0.1) is 0 Å². The van der Waals surface area contributed by atoms with Crippen LogP contribution >= 0.6 is 15.9 Å². The lowest BCUT2D eigenvalue weighted by molar-refractivity contribution is 0.439. The van der Waals surface area contributed by atoms with Gasteiger partial charge in [-0.25, -0.2) is 4.39 Å². The fourth-order valence-electron chi connectivity index (χ4n) is 1.82. The average Bonchev–Trinajstić information content (AvgIpc) is 2.41. The third kappa shape index (κ3) is 5.10. The van der Waals surface area contributed by atoms with Gasteiger partial charge in [0.2, 0.25) is 0 Å². The van der Waals surface area contributed by atoms with Crippen LogP contribution in [0.15, 0.2) is 41.1 Å². The summed E-state index contributed by atoms with van der Waals surface area (Å²) >= 11 is 3.30. The quantitative estimate of drug-likeness (QED) is 0.829. The zero-order valence-electron chi connectivity index (χ0n) is 12.1. The van der Waals surface area contributed by atoms with Crippen molar-refractivity contribution >= 4 is 15.9 Å². The van der Waals surface area contributed by atoms with E-state index >= 15 is 0 Å². The van der Waals surface area contributed by atoms with Crippen molar-refractivity contribution in [3.8, 4) is 11.5 Å². The first-order valence-corrected chi connectivity index (χ1v) is 7.61. The Morgan fingerprint density at radius 2 is 2.10 bits per heavy atom. The van der Waals surface area contributed by atoms with Crippen molar-refractivity contribution < 1.29 is 9.13 Å². The maximum absolute atomic E-state index is 14.0. The van der Waals surface area contributed by atoms with Crippen molar-refractivity contribution in [2.45, 2.75) is 20.4 Å². The fourth-order valence-corrected chi connectivity index (χ4v) is 2.16. The molecule has 1 aromatic carbocycles. The molecule has 0 aliphatic heterocycles. The van der Waals surface area contributed by atoms with Crippen LogP contribution in [-0.4, -0.2) is 11.5 Å². The van der Waals surface area contributed by atoms with Gasteiger partial charge in [0.25, 0.3) is 0 Å². The number of rotatable bonds is 6. The summed E-state index contributed by atoms with van der Waals surface area (Å²) in [5.41, 5.74) is 0.896. The first kappa shape index (κ1) is 15.9. The van der Waals surface area contributed by atoms with E-state index in [4.69, 9.17) is 4.74 Å². The highest BCUT2D eigenvalue weighted by molar-refractivity contribution is 9.10. The topological polar surface area (TPSA) is 34.1 Å². The van der Waals surface area contributed by atoms with Crippen LogP contribution in [0.25, 0.3) is 0 Å². The number of hydrogen-bond donors (Lipinski definition) is 1. The number of nitrogens with one attached hydrogen (secondary N) is 1. The van der Waals surface area contributed by atoms with Crippen LogP contribution < -0.4 is 10.1 Å². The molecule has 3 nitrogen and oxygen atoms in total. The second-order valence-electron chi connectivity index (χ2n) is 5.23. The van der Waals surface area contributed by atoms with Crippen molar-refractivity contribution in [1.82, 2.24) is 10.3 Å². The molecule has 0 unspecified atom stereocenters. The number of hydrogen-bond acceptors (Lipinski definition) is 3. The largest absolute Gasteiger partial charge is 0.453 e. The highest BCUT2D eigenvalue weighted by Crippen LogP contribution is 2.26. The summed E-state index contributed by atoms with van der Waals surface area (Å²) in [6.07, 6.45) is 3.19. The highest BCUT2D eigenvalue weighted by Gasteiger charge is 2.07. The second kappa shape index (κ2) is 7.52. The van der Waals surface area contributed by atoms with E-state index in [1.807, 2.05) is 6.07 Å². The van der Waals surface area contributed by atoms with E-state index in [2.05, 4.69) is 40.1 Å². The minimum Gasteiger partial charge on any atom is -0.453 e. The normalized spacial score (nSPS) is 10.9. The predicted octanol–water partition coefficient (Wildman–Crippen LogP) is 4.52. The molecule has 0 radical (unpaired) electrons. The number of aromatic nitrogens is 1. The van der Waals surface area contributed by atoms with Gasteiger partial charge in [0, 0.05) is 17.2 Å². The Balaban J connectivity index is 2.02. The first-order chi connectivity index (χ1) is 10.0. The van der Waals surface area contributed by atoms with Crippen LogP contribution in [-0.2, 0) is 6.54 Å². The van der Waals surface area contributed by atoms with Crippen LogP contribution in [0.3, 0.4) is 0 Å². The summed E-state index contributed by atoms with van der Waals surface area (Å²) in [5.74, 6) is 0.886. The SMILES string of the molecule is CC(C)CNCc1ccc(Oc2cncc(Br)c2)c(F)c1. The van der Waals surface area contributed by atoms with Gasteiger partial charge < -0.3 is 10.1 Å². The Bertz CT molecular complexity index is 605. The molecular weight excluding hydrogens is 335 g/mol. The molecule has 2 aromatic rings. The Hall–Kier alpha value is -1.46. The summed E-state index contributed by atoms with van der Waals surface area (Å²) in [7, 11) is 0. The molecule has 21 heavy (non-hydrogen) atoms. The molecule has 0 saturated heterocycles. The van der Waals surface area contributed by atoms with Gasteiger partial charge in [-0.3, -0.25) is 4.98 Å². The van der Waals surface area contributed by atoms with Crippen molar-refractivity contribution in [2.24, 2.45) is 5.92 Å². The molecule has 0 spiro atoms. The van der Waals surface area contributed by atoms with E-state index < -0.39 is 0 Å². The van der Waals surface area contributed by atoms with Crippen molar-refractivity contribution in [1.29, 1.82) is 0 Å². The van der Waals surface area contributed by atoms with Gasteiger partial charge in [-0.1, -0.05) is 19.9 Å². The molecule has 112 valence electrons. The Kier molecular flexibility index (Phi) is 5.70. The van der Waals surface area contributed by atoms with Crippen LogP contribution in [0.1, 0.15) is 19.4 Å². The molecule has 0 fully saturated rings.